The third-order valence-electron chi connectivity index (χ3n) is 5.38. The van der Waals surface area contributed by atoms with Crippen molar-refractivity contribution in [3.63, 3.8) is 0 Å². The van der Waals surface area contributed by atoms with Crippen molar-refractivity contribution in [1.82, 2.24) is 20.0 Å². The Morgan fingerprint density at radius 1 is 0.700 bits per heavy atom. The van der Waals surface area contributed by atoms with E-state index in [2.05, 4.69) is 10.3 Å². The van der Waals surface area contributed by atoms with E-state index in [1.807, 2.05) is 0 Å². The highest BCUT2D eigenvalue weighted by Gasteiger charge is 2.23. The average molecular weight is 573 g/mol. The lowest BCUT2D eigenvalue weighted by molar-refractivity contribution is -0.314. The molecule has 0 bridgehead atoms. The maximum absolute atomic E-state index is 12.2. The van der Waals surface area contributed by atoms with E-state index >= 15 is 0 Å². The molecular formula is C22H34N7O11-5. The van der Waals surface area contributed by atoms with Gasteiger partial charge in [-0.2, -0.15) is 0 Å². The second kappa shape index (κ2) is 20.0. The van der Waals surface area contributed by atoms with Crippen molar-refractivity contribution in [2.75, 3.05) is 65.4 Å². The standard InChI is InChI=1S/C22H39N7O11/c23-22(24)26-6-2-1-5-25-16(30)4-3-15(21(39)40)29(9-7-27(11-17(31)32)12-18(33)34)10-8-28(13-19(35)36)14-20(37)38/h15H,1-14H2,(H,25,30)(H,31,32)(H,33,34)(H,35,36)(H,37,38)(H,39,40)(H4,23,24,26)/p-5. The number of carboxylic acid groups (broad SMARTS) is 5. The summed E-state index contributed by atoms with van der Waals surface area (Å²) in [6.07, 6.45) is 0.560. The highest BCUT2D eigenvalue weighted by Crippen LogP contribution is 2.09. The van der Waals surface area contributed by atoms with Crippen LogP contribution in [0, 0.1) is 0 Å². The molecule has 40 heavy (non-hydrogen) atoms. The van der Waals surface area contributed by atoms with Crippen molar-refractivity contribution >= 4 is 41.7 Å². The number of rotatable bonds is 24. The molecular weight excluding hydrogens is 538 g/mol. The van der Waals surface area contributed by atoms with Crippen molar-refractivity contribution in [1.29, 1.82) is 0 Å². The lowest BCUT2D eigenvalue weighted by Gasteiger charge is -2.36. The molecule has 0 aliphatic heterocycles. The van der Waals surface area contributed by atoms with Gasteiger partial charge in [0.05, 0.1) is 29.8 Å². The van der Waals surface area contributed by atoms with Crippen LogP contribution in [0.5, 0.6) is 0 Å². The molecule has 228 valence electrons. The zero-order chi connectivity index (χ0) is 30.7. The molecule has 0 aromatic heterocycles. The quantitative estimate of drug-likeness (QED) is 0.0549. The van der Waals surface area contributed by atoms with Gasteiger partial charge in [-0.15, -0.1) is 0 Å². The molecule has 1 atom stereocenters. The molecule has 0 rings (SSSR count). The Labute approximate surface area is 230 Å². The number of carbonyl (C=O) groups is 6. The number of hydrogen-bond donors (Lipinski definition) is 3. The number of hydrogen-bond acceptors (Lipinski definition) is 15. The van der Waals surface area contributed by atoms with Crippen LogP contribution in [0.3, 0.4) is 0 Å². The fraction of sp³-hybridized carbons (Fsp3) is 0.682. The van der Waals surface area contributed by atoms with Crippen molar-refractivity contribution < 1.29 is 54.3 Å². The van der Waals surface area contributed by atoms with Crippen LogP contribution in [0.25, 0.3) is 0 Å². The number of amides is 1. The number of nitrogens with zero attached hydrogens (tertiary/aromatic N) is 4. The number of carboxylic acids is 5. The van der Waals surface area contributed by atoms with Crippen molar-refractivity contribution in [3.8, 4) is 0 Å². The molecule has 0 aromatic rings. The number of aliphatic carboxylic acids is 5. The van der Waals surface area contributed by atoms with E-state index in [0.717, 1.165) is 9.80 Å². The minimum Gasteiger partial charge on any atom is -0.549 e. The zero-order valence-corrected chi connectivity index (χ0v) is 21.9. The summed E-state index contributed by atoms with van der Waals surface area (Å²) in [6, 6.07) is -1.46. The van der Waals surface area contributed by atoms with Gasteiger partial charge < -0.3 is 66.3 Å². The number of aliphatic imine (C=N–C) groups is 1. The van der Waals surface area contributed by atoms with Gasteiger partial charge in [-0.3, -0.25) is 24.5 Å². The fourth-order valence-corrected chi connectivity index (χ4v) is 3.60. The Bertz CT molecular complexity index is 824. The smallest absolute Gasteiger partial charge is 0.220 e. The highest BCUT2D eigenvalue weighted by atomic mass is 16.4. The normalized spacial score (nSPS) is 11.8. The Morgan fingerprint density at radius 3 is 1.52 bits per heavy atom. The van der Waals surface area contributed by atoms with Crippen molar-refractivity contribution in [2.45, 2.75) is 31.7 Å². The van der Waals surface area contributed by atoms with E-state index in [1.165, 1.54) is 4.90 Å². The molecule has 0 saturated heterocycles. The van der Waals surface area contributed by atoms with Crippen LogP contribution in [-0.4, -0.2) is 128 Å². The molecule has 0 aromatic carbocycles. The Kier molecular flexibility index (Phi) is 17.9. The Morgan fingerprint density at radius 2 is 1.15 bits per heavy atom. The minimum absolute atomic E-state index is 0.0633. The van der Waals surface area contributed by atoms with Gasteiger partial charge in [0.15, 0.2) is 5.96 Å². The maximum atomic E-state index is 12.2. The van der Waals surface area contributed by atoms with Crippen molar-refractivity contribution in [2.24, 2.45) is 16.5 Å². The van der Waals surface area contributed by atoms with Crippen LogP contribution >= 0.6 is 0 Å². The summed E-state index contributed by atoms with van der Waals surface area (Å²) in [6.45, 7) is -3.82. The third-order valence-corrected chi connectivity index (χ3v) is 5.38. The monoisotopic (exact) mass is 572 g/mol. The van der Waals surface area contributed by atoms with Gasteiger partial charge in [0.1, 0.15) is 0 Å². The molecule has 0 aliphatic rings. The number of unbranched alkanes of at least 4 members (excludes halogenated alkanes) is 1. The molecule has 18 nitrogen and oxygen atoms in total. The molecule has 0 radical (unpaired) electrons. The van der Waals surface area contributed by atoms with Gasteiger partial charge in [-0.1, -0.05) is 0 Å². The maximum Gasteiger partial charge on any atom is 0.220 e. The second-order valence-electron chi connectivity index (χ2n) is 8.68. The van der Waals surface area contributed by atoms with Crippen LogP contribution in [0.15, 0.2) is 4.99 Å². The molecule has 0 heterocycles. The van der Waals surface area contributed by atoms with Gasteiger partial charge in [0.25, 0.3) is 0 Å². The lowest BCUT2D eigenvalue weighted by atomic mass is 10.1. The predicted octanol–water partition coefficient (Wildman–Crippen LogP) is -10.0. The van der Waals surface area contributed by atoms with Crippen LogP contribution < -0.4 is 42.3 Å². The fourth-order valence-electron chi connectivity index (χ4n) is 3.60. The third kappa shape index (κ3) is 19.1. The van der Waals surface area contributed by atoms with E-state index in [0.29, 0.717) is 19.4 Å². The SMILES string of the molecule is NC(N)=NCCCCNC(=O)CCC(C(=O)[O-])N(CCN(CC(=O)[O-])CC(=O)[O-])CCN(CC(=O)[O-])CC(=O)[O-]. The van der Waals surface area contributed by atoms with E-state index in [1.54, 1.807) is 0 Å². The van der Waals surface area contributed by atoms with Gasteiger partial charge in [0, 0.05) is 77.9 Å². The molecule has 18 heteroatoms. The van der Waals surface area contributed by atoms with Crippen molar-refractivity contribution in [3.05, 3.63) is 0 Å². The largest absolute Gasteiger partial charge is 0.549 e. The first-order valence-electron chi connectivity index (χ1n) is 12.2. The summed E-state index contributed by atoms with van der Waals surface area (Å²) in [7, 11) is 0. The Balaban J connectivity index is 5.46. The van der Waals surface area contributed by atoms with Gasteiger partial charge in [-0.05, 0) is 19.3 Å². The van der Waals surface area contributed by atoms with Crippen LogP contribution in [0.1, 0.15) is 25.7 Å². The second-order valence-corrected chi connectivity index (χ2v) is 8.68. The summed E-state index contributed by atoms with van der Waals surface area (Å²) < 4.78 is 0. The Hall–Kier alpha value is -4.03. The van der Waals surface area contributed by atoms with E-state index in [4.69, 9.17) is 11.5 Å². The summed E-state index contributed by atoms with van der Waals surface area (Å²) in [4.78, 5) is 74.9. The topological polar surface area (TPSA) is 304 Å². The van der Waals surface area contributed by atoms with Crippen LogP contribution in [0.2, 0.25) is 0 Å². The van der Waals surface area contributed by atoms with Crippen LogP contribution in [-0.2, 0) is 28.8 Å². The molecule has 1 unspecified atom stereocenters. The highest BCUT2D eigenvalue weighted by molar-refractivity contribution is 5.78. The first kappa shape index (κ1) is 36.0. The molecule has 0 fully saturated rings. The number of guanidine groups is 1. The van der Waals surface area contributed by atoms with Crippen LogP contribution in [0.4, 0.5) is 0 Å². The number of nitrogens with one attached hydrogen (secondary N) is 1. The number of nitrogens with two attached hydrogens (primary N) is 2. The van der Waals surface area contributed by atoms with E-state index in [9.17, 15) is 54.3 Å². The minimum atomic E-state index is -1.62. The summed E-state index contributed by atoms with van der Waals surface area (Å²) in [5, 5.41) is 58.5. The molecule has 0 saturated carbocycles. The molecule has 0 spiro atoms. The van der Waals surface area contributed by atoms with E-state index < -0.39 is 68.0 Å². The summed E-state index contributed by atoms with van der Waals surface area (Å²) in [5.74, 6) is -8.59. The summed E-state index contributed by atoms with van der Waals surface area (Å²) >= 11 is 0. The molecule has 5 N–H and O–H groups in total. The first-order valence-corrected chi connectivity index (χ1v) is 12.2. The molecule has 0 aliphatic carbocycles. The first-order chi connectivity index (χ1) is 18.7. The van der Waals surface area contributed by atoms with E-state index in [-0.39, 0.29) is 51.5 Å². The summed E-state index contributed by atoms with van der Waals surface area (Å²) in [5.41, 5.74) is 10.4. The zero-order valence-electron chi connectivity index (χ0n) is 21.9. The predicted molar refractivity (Wildman–Crippen MR) is 125 cm³/mol. The molecule has 1 amide bonds. The van der Waals surface area contributed by atoms with Gasteiger partial charge in [-0.25, -0.2) is 0 Å². The van der Waals surface area contributed by atoms with Gasteiger partial charge >= 0.3 is 0 Å². The number of carbonyl (C=O) groups excluding carboxylic acids is 6. The van der Waals surface area contributed by atoms with Gasteiger partial charge in [0.2, 0.25) is 5.91 Å². The lowest BCUT2D eigenvalue weighted by Crippen LogP contribution is -2.54. The average Bonchev–Trinajstić information content (AvgIpc) is 2.80.